The monoisotopic (exact) mass is 569 g/mol. The highest BCUT2D eigenvalue weighted by Crippen LogP contribution is 2.47. The number of Topliss-reactive ketones (excluding diaryl/α,β-unsaturated/α-hetero) is 1. The molecule has 1 fully saturated rings. The van der Waals surface area contributed by atoms with E-state index in [1.54, 1.807) is 55.7 Å². The fourth-order valence-electron chi connectivity index (χ4n) is 5.77. The van der Waals surface area contributed by atoms with E-state index in [2.05, 4.69) is 15.3 Å². The van der Waals surface area contributed by atoms with Gasteiger partial charge in [-0.1, -0.05) is 12.1 Å². The predicted octanol–water partition coefficient (Wildman–Crippen LogP) is 7.15. The Morgan fingerprint density at radius 1 is 1.00 bits per heavy atom. The average Bonchev–Trinajstić information content (AvgIpc) is 3.38. The number of carbonyl (C=O) groups is 2. The van der Waals surface area contributed by atoms with Gasteiger partial charge in [-0.15, -0.1) is 0 Å². The second-order valence-electron chi connectivity index (χ2n) is 10.7. The van der Waals surface area contributed by atoms with Crippen molar-refractivity contribution in [2.75, 3.05) is 7.05 Å². The molecule has 2 aromatic heterocycles. The summed E-state index contributed by atoms with van der Waals surface area (Å²) in [7, 11) is 1.43. The van der Waals surface area contributed by atoms with Crippen LogP contribution >= 0.6 is 0 Å². The van der Waals surface area contributed by atoms with Gasteiger partial charge in [-0.05, 0) is 79.4 Å². The van der Waals surface area contributed by atoms with Crippen molar-refractivity contribution < 1.29 is 27.2 Å². The van der Waals surface area contributed by atoms with Crippen LogP contribution in [0.3, 0.4) is 0 Å². The summed E-state index contributed by atoms with van der Waals surface area (Å²) < 4.78 is 49.9. The molecule has 212 valence electrons. The van der Waals surface area contributed by atoms with Gasteiger partial charge in [0, 0.05) is 48.0 Å². The summed E-state index contributed by atoms with van der Waals surface area (Å²) in [5, 5.41) is 2.51. The van der Waals surface area contributed by atoms with Crippen LogP contribution in [0.4, 0.5) is 13.2 Å². The molecule has 1 amide bonds. The third-order valence-electron chi connectivity index (χ3n) is 7.97. The van der Waals surface area contributed by atoms with Crippen molar-refractivity contribution in [1.82, 2.24) is 15.3 Å². The minimum absolute atomic E-state index is 0.0149. The zero-order valence-corrected chi connectivity index (χ0v) is 22.9. The number of hydrogen-bond donors (Lipinski definition) is 1. The van der Waals surface area contributed by atoms with E-state index in [1.807, 2.05) is 0 Å². The van der Waals surface area contributed by atoms with Crippen molar-refractivity contribution in [2.24, 2.45) is 0 Å². The molecule has 1 saturated carbocycles. The van der Waals surface area contributed by atoms with E-state index in [-0.39, 0.29) is 52.9 Å². The standard InChI is InChI=1S/C33H26F3N3O3/c1-18-4-5-20(25(40)17-33(15-22(35)16-33)32-38-12-3-13-39-32)14-24(18)23-10-11-26-27(29(23)36)28(31(41)37-2)30(42-26)19-6-8-21(34)9-7-19/h3-14,22H,15-17H2,1-2H3,(H,37,41). The molecule has 3 aromatic carbocycles. The van der Waals surface area contributed by atoms with Gasteiger partial charge in [0.25, 0.3) is 5.91 Å². The molecular formula is C33H26F3N3O3. The van der Waals surface area contributed by atoms with Gasteiger partial charge in [0.1, 0.15) is 35.0 Å². The summed E-state index contributed by atoms with van der Waals surface area (Å²) in [6.07, 6.45) is 2.46. The highest BCUT2D eigenvalue weighted by Gasteiger charge is 2.49. The first-order valence-corrected chi connectivity index (χ1v) is 13.5. The third kappa shape index (κ3) is 4.64. The van der Waals surface area contributed by atoms with Crippen LogP contribution in [0.25, 0.3) is 33.4 Å². The first kappa shape index (κ1) is 27.4. The molecule has 9 heteroatoms. The van der Waals surface area contributed by atoms with Gasteiger partial charge in [0.05, 0.1) is 10.9 Å². The van der Waals surface area contributed by atoms with Crippen molar-refractivity contribution in [1.29, 1.82) is 0 Å². The third-order valence-corrected chi connectivity index (χ3v) is 7.97. The molecule has 1 aliphatic rings. The smallest absolute Gasteiger partial charge is 0.255 e. The highest BCUT2D eigenvalue weighted by molar-refractivity contribution is 6.12. The number of amides is 1. The van der Waals surface area contributed by atoms with E-state index in [0.29, 0.717) is 28.1 Å². The second-order valence-corrected chi connectivity index (χ2v) is 10.7. The number of nitrogens with one attached hydrogen (secondary N) is 1. The van der Waals surface area contributed by atoms with Gasteiger partial charge >= 0.3 is 0 Å². The SMILES string of the molecule is CNC(=O)c1c(-c2ccc(F)cc2)oc2ccc(-c3cc(C(=O)CC4(c5ncccn5)CC(F)C4)ccc3C)c(F)c12. The van der Waals surface area contributed by atoms with Crippen LogP contribution in [0.5, 0.6) is 0 Å². The van der Waals surface area contributed by atoms with Crippen molar-refractivity contribution in [3.05, 3.63) is 107 Å². The lowest BCUT2D eigenvalue weighted by molar-refractivity contribution is 0.0651. The number of fused-ring (bicyclic) bond motifs is 1. The Morgan fingerprint density at radius 3 is 2.38 bits per heavy atom. The van der Waals surface area contributed by atoms with Gasteiger partial charge in [-0.3, -0.25) is 9.59 Å². The number of aromatic nitrogens is 2. The fraction of sp³-hybridized carbons (Fsp3) is 0.212. The Hall–Kier alpha value is -4.79. The Bertz CT molecular complexity index is 1830. The number of furan rings is 1. The van der Waals surface area contributed by atoms with Gasteiger partial charge in [-0.2, -0.15) is 0 Å². The number of hydrogen-bond acceptors (Lipinski definition) is 5. The van der Waals surface area contributed by atoms with E-state index in [9.17, 15) is 18.4 Å². The lowest BCUT2D eigenvalue weighted by Gasteiger charge is -2.42. The van der Waals surface area contributed by atoms with Crippen LogP contribution in [0.1, 0.15) is 51.4 Å². The molecule has 1 N–H and O–H groups in total. The van der Waals surface area contributed by atoms with Crippen LogP contribution in [-0.4, -0.2) is 34.9 Å². The number of ketones is 1. The number of benzene rings is 3. The molecule has 42 heavy (non-hydrogen) atoms. The summed E-state index contributed by atoms with van der Waals surface area (Å²) in [6, 6.07) is 15.2. The molecule has 5 aromatic rings. The normalized spacial score (nSPS) is 18.1. The van der Waals surface area contributed by atoms with E-state index >= 15 is 4.39 Å². The average molecular weight is 570 g/mol. The Morgan fingerprint density at radius 2 is 1.71 bits per heavy atom. The van der Waals surface area contributed by atoms with Crippen LogP contribution in [-0.2, 0) is 5.41 Å². The summed E-state index contributed by atoms with van der Waals surface area (Å²) in [6.45, 7) is 1.80. The Balaban J connectivity index is 1.42. The topological polar surface area (TPSA) is 85.1 Å². The number of rotatable bonds is 7. The van der Waals surface area contributed by atoms with Gasteiger partial charge in [0.15, 0.2) is 5.78 Å². The maximum absolute atomic E-state index is 16.4. The van der Waals surface area contributed by atoms with Crippen LogP contribution < -0.4 is 5.32 Å². The summed E-state index contributed by atoms with van der Waals surface area (Å²) >= 11 is 0. The molecule has 6 rings (SSSR count). The van der Waals surface area contributed by atoms with Gasteiger partial charge in [0.2, 0.25) is 0 Å². The molecule has 0 atom stereocenters. The molecule has 1 aliphatic carbocycles. The van der Waals surface area contributed by atoms with Gasteiger partial charge in [-0.25, -0.2) is 23.1 Å². The maximum Gasteiger partial charge on any atom is 0.255 e. The molecule has 6 nitrogen and oxygen atoms in total. The summed E-state index contributed by atoms with van der Waals surface area (Å²) in [4.78, 5) is 35.1. The fourth-order valence-corrected chi connectivity index (χ4v) is 5.77. The van der Waals surface area contributed by atoms with E-state index in [1.165, 1.54) is 31.3 Å². The largest absolute Gasteiger partial charge is 0.455 e. The zero-order chi connectivity index (χ0) is 29.6. The first-order valence-electron chi connectivity index (χ1n) is 13.5. The zero-order valence-electron chi connectivity index (χ0n) is 22.9. The van der Waals surface area contributed by atoms with Crippen molar-refractivity contribution >= 4 is 22.7 Å². The molecule has 0 spiro atoms. The number of nitrogens with zero attached hydrogens (tertiary/aromatic N) is 2. The summed E-state index contributed by atoms with van der Waals surface area (Å²) in [5.41, 5.74) is 1.46. The molecule has 0 bridgehead atoms. The molecule has 0 aliphatic heterocycles. The van der Waals surface area contributed by atoms with E-state index in [4.69, 9.17) is 4.42 Å². The number of halogens is 3. The minimum atomic E-state index is -1.03. The lowest BCUT2D eigenvalue weighted by Crippen LogP contribution is -2.45. The van der Waals surface area contributed by atoms with Gasteiger partial charge < -0.3 is 9.73 Å². The van der Waals surface area contributed by atoms with Crippen LogP contribution in [0.2, 0.25) is 0 Å². The van der Waals surface area contributed by atoms with Crippen LogP contribution in [0.15, 0.2) is 77.5 Å². The van der Waals surface area contributed by atoms with E-state index < -0.39 is 29.1 Å². The second kappa shape index (κ2) is 10.6. The highest BCUT2D eigenvalue weighted by atomic mass is 19.1. The number of alkyl halides is 1. The first-order chi connectivity index (χ1) is 20.2. The quantitative estimate of drug-likeness (QED) is 0.211. The van der Waals surface area contributed by atoms with Crippen molar-refractivity contribution in [3.8, 4) is 22.5 Å². The molecule has 0 radical (unpaired) electrons. The predicted molar refractivity (Wildman–Crippen MR) is 152 cm³/mol. The summed E-state index contributed by atoms with van der Waals surface area (Å²) in [5.74, 6) is -1.39. The van der Waals surface area contributed by atoms with Crippen molar-refractivity contribution in [3.63, 3.8) is 0 Å². The molecule has 2 heterocycles. The lowest BCUT2D eigenvalue weighted by atomic mass is 9.63. The van der Waals surface area contributed by atoms with Crippen LogP contribution in [0, 0.1) is 18.6 Å². The Labute approximate surface area is 239 Å². The van der Waals surface area contributed by atoms with E-state index in [0.717, 1.165) is 0 Å². The molecule has 0 saturated heterocycles. The number of aryl methyl sites for hydroxylation is 1. The minimum Gasteiger partial charge on any atom is -0.455 e. The van der Waals surface area contributed by atoms with Crippen molar-refractivity contribution in [2.45, 2.75) is 37.8 Å². The Kier molecular flexibility index (Phi) is 6.88. The maximum atomic E-state index is 16.4. The molecular weight excluding hydrogens is 543 g/mol. The molecule has 0 unspecified atom stereocenters. The number of carbonyl (C=O) groups excluding carboxylic acids is 2.